The second kappa shape index (κ2) is 6.32. The maximum absolute atomic E-state index is 13.8. The van der Waals surface area contributed by atoms with Crippen LogP contribution in [-0.4, -0.2) is 37.2 Å². The Morgan fingerprint density at radius 3 is 2.90 bits per heavy atom. The lowest BCUT2D eigenvalue weighted by atomic mass is 9.97. The van der Waals surface area contributed by atoms with Crippen molar-refractivity contribution in [1.82, 2.24) is 10.2 Å². The predicted octanol–water partition coefficient (Wildman–Crippen LogP) is 3.11. The number of methoxy groups -OCH3 is 1. The first-order valence-corrected chi connectivity index (χ1v) is 8.02. The number of piperidine rings is 1. The summed E-state index contributed by atoms with van der Waals surface area (Å²) in [5.41, 5.74) is 0.988. The average molecular weight is 292 g/mol. The summed E-state index contributed by atoms with van der Waals surface area (Å²) in [6, 6.07) is 6.62. The van der Waals surface area contributed by atoms with Crippen LogP contribution >= 0.6 is 0 Å². The number of nitrogens with zero attached hydrogens (tertiary/aromatic N) is 1. The van der Waals surface area contributed by atoms with Gasteiger partial charge in [0.15, 0.2) is 11.6 Å². The summed E-state index contributed by atoms with van der Waals surface area (Å²) in [6.45, 7) is 4.56. The molecule has 2 aliphatic heterocycles. The number of hydrogen-bond acceptors (Lipinski definition) is 3. The normalized spacial score (nSPS) is 27.4. The molecule has 3 unspecified atom stereocenters. The fourth-order valence-electron chi connectivity index (χ4n) is 3.81. The maximum atomic E-state index is 13.8. The second-order valence-corrected chi connectivity index (χ2v) is 6.28. The molecule has 2 heterocycles. The molecule has 1 aromatic carbocycles. The Kier molecular flexibility index (Phi) is 4.45. The van der Waals surface area contributed by atoms with Crippen LogP contribution < -0.4 is 10.1 Å². The van der Waals surface area contributed by atoms with Gasteiger partial charge < -0.3 is 10.1 Å². The van der Waals surface area contributed by atoms with E-state index in [9.17, 15) is 4.39 Å². The molecule has 2 fully saturated rings. The highest BCUT2D eigenvalue weighted by molar-refractivity contribution is 5.30. The number of fused-ring (bicyclic) bond motifs is 1. The molecule has 3 atom stereocenters. The number of halogens is 1. The minimum absolute atomic E-state index is 0.164. The fraction of sp³-hybridized carbons (Fsp3) is 0.647. The van der Waals surface area contributed by atoms with Crippen LogP contribution in [0.2, 0.25) is 0 Å². The summed E-state index contributed by atoms with van der Waals surface area (Å²) in [7, 11) is 1.50. The van der Waals surface area contributed by atoms with Crippen LogP contribution in [0.1, 0.15) is 44.2 Å². The maximum Gasteiger partial charge on any atom is 0.165 e. The molecule has 0 aromatic heterocycles. The molecule has 1 N–H and O–H groups in total. The lowest BCUT2D eigenvalue weighted by Crippen LogP contribution is -2.45. The van der Waals surface area contributed by atoms with Crippen LogP contribution in [0.15, 0.2) is 18.2 Å². The fourth-order valence-corrected chi connectivity index (χ4v) is 3.81. The second-order valence-electron chi connectivity index (χ2n) is 6.28. The molecule has 0 amide bonds. The number of nitrogens with one attached hydrogen (secondary N) is 1. The Bertz CT molecular complexity index is 494. The van der Waals surface area contributed by atoms with E-state index in [2.05, 4.69) is 17.1 Å². The van der Waals surface area contributed by atoms with Gasteiger partial charge in [-0.3, -0.25) is 4.90 Å². The lowest BCUT2D eigenvalue weighted by Gasteiger charge is -2.34. The molecule has 1 aromatic rings. The highest BCUT2D eigenvalue weighted by Crippen LogP contribution is 2.29. The van der Waals surface area contributed by atoms with Crippen LogP contribution in [0.4, 0.5) is 4.39 Å². The van der Waals surface area contributed by atoms with Gasteiger partial charge in [-0.25, -0.2) is 4.39 Å². The molecular weight excluding hydrogens is 267 g/mol. The van der Waals surface area contributed by atoms with Gasteiger partial charge in [0.1, 0.15) is 0 Å². The van der Waals surface area contributed by atoms with Crippen LogP contribution in [-0.2, 0) is 0 Å². The van der Waals surface area contributed by atoms with Crippen molar-refractivity contribution in [2.24, 2.45) is 0 Å². The van der Waals surface area contributed by atoms with Crippen molar-refractivity contribution in [2.75, 3.05) is 20.2 Å². The van der Waals surface area contributed by atoms with Crippen LogP contribution in [0.25, 0.3) is 0 Å². The van der Waals surface area contributed by atoms with Gasteiger partial charge in [-0.1, -0.05) is 12.5 Å². The monoisotopic (exact) mass is 292 g/mol. The highest BCUT2D eigenvalue weighted by Gasteiger charge is 2.35. The van der Waals surface area contributed by atoms with E-state index in [0.29, 0.717) is 17.8 Å². The van der Waals surface area contributed by atoms with E-state index in [1.807, 2.05) is 6.07 Å². The van der Waals surface area contributed by atoms with E-state index < -0.39 is 0 Å². The summed E-state index contributed by atoms with van der Waals surface area (Å²) >= 11 is 0. The molecule has 3 nitrogen and oxygen atoms in total. The Morgan fingerprint density at radius 1 is 1.29 bits per heavy atom. The molecule has 116 valence electrons. The van der Waals surface area contributed by atoms with E-state index in [1.165, 1.54) is 45.9 Å². The number of benzene rings is 1. The molecular formula is C17H25FN2O. The molecule has 21 heavy (non-hydrogen) atoms. The number of hydrogen-bond donors (Lipinski definition) is 1. The summed E-state index contributed by atoms with van der Waals surface area (Å²) in [5.74, 6) is 0.0274. The zero-order valence-electron chi connectivity index (χ0n) is 12.9. The Labute approximate surface area is 126 Å². The smallest absolute Gasteiger partial charge is 0.165 e. The first-order valence-electron chi connectivity index (χ1n) is 8.02. The van der Waals surface area contributed by atoms with Crippen LogP contribution in [0.5, 0.6) is 5.75 Å². The van der Waals surface area contributed by atoms with Crippen LogP contribution in [0.3, 0.4) is 0 Å². The minimum atomic E-state index is -0.283. The van der Waals surface area contributed by atoms with Crippen molar-refractivity contribution < 1.29 is 9.13 Å². The van der Waals surface area contributed by atoms with Gasteiger partial charge >= 0.3 is 0 Å². The Hall–Kier alpha value is -1.13. The minimum Gasteiger partial charge on any atom is -0.494 e. The highest BCUT2D eigenvalue weighted by atomic mass is 19.1. The third-order valence-corrected chi connectivity index (χ3v) is 5.00. The quantitative estimate of drug-likeness (QED) is 0.923. The van der Waals surface area contributed by atoms with Crippen molar-refractivity contribution in [2.45, 2.75) is 50.7 Å². The van der Waals surface area contributed by atoms with Crippen molar-refractivity contribution in [3.8, 4) is 5.75 Å². The topological polar surface area (TPSA) is 24.5 Å². The van der Waals surface area contributed by atoms with Gasteiger partial charge in [-0.05, 0) is 50.4 Å². The van der Waals surface area contributed by atoms with Crippen molar-refractivity contribution in [3.05, 3.63) is 29.6 Å². The van der Waals surface area contributed by atoms with E-state index >= 15 is 0 Å². The number of ether oxygens (including phenoxy) is 1. The standard InChI is InChI=1S/C17H25FN2O/c1-12(13-6-7-17(21-2)14(18)11-13)19-15-8-10-20-9-4-3-5-16(15)20/h6-7,11-12,15-16,19H,3-5,8-10H2,1-2H3. The van der Waals surface area contributed by atoms with Gasteiger partial charge in [0.05, 0.1) is 7.11 Å². The molecule has 0 radical (unpaired) electrons. The van der Waals surface area contributed by atoms with E-state index in [-0.39, 0.29) is 11.9 Å². The molecule has 2 aliphatic rings. The zero-order valence-corrected chi connectivity index (χ0v) is 12.9. The molecule has 3 rings (SSSR count). The van der Waals surface area contributed by atoms with Gasteiger partial charge in [0, 0.05) is 24.7 Å². The van der Waals surface area contributed by atoms with E-state index in [4.69, 9.17) is 4.74 Å². The molecule has 4 heteroatoms. The van der Waals surface area contributed by atoms with E-state index in [1.54, 1.807) is 12.1 Å². The summed E-state index contributed by atoms with van der Waals surface area (Å²) in [5, 5.41) is 3.71. The molecule has 0 aliphatic carbocycles. The first kappa shape index (κ1) is 14.8. The van der Waals surface area contributed by atoms with Crippen molar-refractivity contribution in [1.29, 1.82) is 0 Å². The van der Waals surface area contributed by atoms with Gasteiger partial charge in [0.25, 0.3) is 0 Å². The summed E-state index contributed by atoms with van der Waals surface area (Å²) in [4.78, 5) is 2.61. The van der Waals surface area contributed by atoms with Gasteiger partial charge in [-0.2, -0.15) is 0 Å². The van der Waals surface area contributed by atoms with E-state index in [0.717, 1.165) is 5.56 Å². The van der Waals surface area contributed by atoms with Gasteiger partial charge in [-0.15, -0.1) is 0 Å². The Balaban J connectivity index is 1.66. The first-order chi connectivity index (χ1) is 10.2. The number of rotatable bonds is 4. The molecule has 0 spiro atoms. The third-order valence-electron chi connectivity index (χ3n) is 5.00. The molecule has 0 saturated carbocycles. The Morgan fingerprint density at radius 2 is 2.14 bits per heavy atom. The summed E-state index contributed by atoms with van der Waals surface area (Å²) < 4.78 is 18.8. The zero-order chi connectivity index (χ0) is 14.8. The van der Waals surface area contributed by atoms with Crippen molar-refractivity contribution >= 4 is 0 Å². The summed E-state index contributed by atoms with van der Waals surface area (Å²) in [6.07, 6.45) is 5.17. The SMILES string of the molecule is COc1ccc(C(C)NC2CCN3CCCCC23)cc1F. The molecule has 0 bridgehead atoms. The average Bonchev–Trinajstić information content (AvgIpc) is 2.90. The van der Waals surface area contributed by atoms with Crippen molar-refractivity contribution in [3.63, 3.8) is 0 Å². The lowest BCUT2D eigenvalue weighted by molar-refractivity contribution is 0.177. The van der Waals surface area contributed by atoms with Crippen LogP contribution in [0, 0.1) is 5.82 Å². The largest absolute Gasteiger partial charge is 0.494 e. The third kappa shape index (κ3) is 3.06. The predicted molar refractivity (Wildman–Crippen MR) is 82.1 cm³/mol. The van der Waals surface area contributed by atoms with Gasteiger partial charge in [0.2, 0.25) is 0 Å². The molecule has 2 saturated heterocycles.